The smallest absolute Gasteiger partial charge is 0.138 e. The minimum Gasteiger partial charge on any atom is -0.493 e. The largest absolute Gasteiger partial charge is 0.493 e. The maximum Gasteiger partial charge on any atom is 0.138 e. The number of nitrogens with zero attached hydrogens (tertiary/aromatic N) is 1. The molecule has 1 aliphatic rings. The number of fused-ring (bicyclic) bond motifs is 1. The van der Waals surface area contributed by atoms with Gasteiger partial charge in [-0.3, -0.25) is 4.98 Å². The molecule has 1 atom stereocenters. The number of hydrogen-bond donors (Lipinski definition) is 1. The molecule has 172 valence electrons. The van der Waals surface area contributed by atoms with Gasteiger partial charge in [-0.2, -0.15) is 0 Å². The van der Waals surface area contributed by atoms with Crippen molar-refractivity contribution in [3.63, 3.8) is 0 Å². The summed E-state index contributed by atoms with van der Waals surface area (Å²) in [6, 6.07) is 9.92. The average Bonchev–Trinajstić information content (AvgIpc) is 3.16. The van der Waals surface area contributed by atoms with E-state index < -0.39 is 0 Å². The van der Waals surface area contributed by atoms with E-state index >= 15 is 0 Å². The van der Waals surface area contributed by atoms with Gasteiger partial charge in [-0.15, -0.1) is 0 Å². The molecule has 32 heavy (non-hydrogen) atoms. The van der Waals surface area contributed by atoms with E-state index in [1.54, 1.807) is 6.20 Å². The normalized spacial score (nSPS) is 15.8. The van der Waals surface area contributed by atoms with Crippen molar-refractivity contribution in [2.24, 2.45) is 11.7 Å². The molecular formula is C27H36N2O3. The second-order valence-corrected chi connectivity index (χ2v) is 9.01. The SMILES string of the molecule is Cc1c(COCCC2CCCCC2)oc2cccc(OCCCC(N)c3cccnc3)c12. The molecule has 1 saturated carbocycles. The molecule has 0 spiro atoms. The highest BCUT2D eigenvalue weighted by molar-refractivity contribution is 5.88. The van der Waals surface area contributed by atoms with Crippen LogP contribution in [0.5, 0.6) is 5.75 Å². The Kier molecular flexibility index (Phi) is 8.18. The second-order valence-electron chi connectivity index (χ2n) is 9.01. The Labute approximate surface area is 191 Å². The standard InChI is InChI=1S/C27H36N2O3/c1-20-26(19-30-17-14-21-8-3-2-4-9-21)32-25-13-5-12-24(27(20)25)31-16-7-11-23(28)22-10-6-15-29-18-22/h5-6,10,12-13,15,18,21,23H,2-4,7-9,11,14,16-17,19,28H2,1H3. The van der Waals surface area contributed by atoms with Crippen LogP contribution in [0.3, 0.4) is 0 Å². The minimum atomic E-state index is -0.0175. The second kappa shape index (κ2) is 11.5. The van der Waals surface area contributed by atoms with Crippen LogP contribution in [-0.4, -0.2) is 18.2 Å². The fourth-order valence-corrected chi connectivity index (χ4v) is 4.71. The number of aromatic nitrogens is 1. The summed E-state index contributed by atoms with van der Waals surface area (Å²) in [7, 11) is 0. The molecule has 5 heteroatoms. The minimum absolute atomic E-state index is 0.0175. The molecule has 2 aromatic heterocycles. The lowest BCUT2D eigenvalue weighted by molar-refractivity contribution is 0.0898. The molecule has 0 aliphatic heterocycles. The van der Waals surface area contributed by atoms with Gasteiger partial charge >= 0.3 is 0 Å². The van der Waals surface area contributed by atoms with Crippen molar-refractivity contribution in [3.8, 4) is 5.75 Å². The third-order valence-corrected chi connectivity index (χ3v) is 6.67. The summed E-state index contributed by atoms with van der Waals surface area (Å²) in [5, 5.41) is 1.05. The fourth-order valence-electron chi connectivity index (χ4n) is 4.71. The molecule has 2 heterocycles. The maximum absolute atomic E-state index is 6.27. The van der Waals surface area contributed by atoms with Gasteiger partial charge in [-0.1, -0.05) is 44.2 Å². The number of pyridine rings is 1. The molecule has 0 saturated heterocycles. The van der Waals surface area contributed by atoms with Crippen molar-refractivity contribution in [1.82, 2.24) is 4.98 Å². The first-order valence-corrected chi connectivity index (χ1v) is 12.1. The van der Waals surface area contributed by atoms with Crippen molar-refractivity contribution >= 4 is 11.0 Å². The summed E-state index contributed by atoms with van der Waals surface area (Å²) in [4.78, 5) is 4.15. The summed E-state index contributed by atoms with van der Waals surface area (Å²) in [5.74, 6) is 2.61. The number of nitrogens with two attached hydrogens (primary N) is 1. The van der Waals surface area contributed by atoms with Crippen molar-refractivity contribution in [3.05, 3.63) is 59.6 Å². The highest BCUT2D eigenvalue weighted by Crippen LogP contribution is 2.34. The summed E-state index contributed by atoms with van der Waals surface area (Å²) < 4.78 is 18.2. The van der Waals surface area contributed by atoms with E-state index in [0.717, 1.165) is 65.4 Å². The topological polar surface area (TPSA) is 70.5 Å². The number of benzene rings is 1. The molecule has 0 bridgehead atoms. The van der Waals surface area contributed by atoms with Gasteiger partial charge in [0.2, 0.25) is 0 Å². The van der Waals surface area contributed by atoms with Crippen molar-refractivity contribution < 1.29 is 13.9 Å². The zero-order chi connectivity index (χ0) is 22.2. The van der Waals surface area contributed by atoms with Crippen LogP contribution in [0.4, 0.5) is 0 Å². The number of rotatable bonds is 11. The first-order valence-electron chi connectivity index (χ1n) is 12.1. The quantitative estimate of drug-likeness (QED) is 0.348. The third-order valence-electron chi connectivity index (χ3n) is 6.67. The van der Waals surface area contributed by atoms with E-state index in [1.165, 1.54) is 32.1 Å². The number of hydrogen-bond acceptors (Lipinski definition) is 5. The van der Waals surface area contributed by atoms with Crippen LogP contribution in [0.15, 0.2) is 47.1 Å². The predicted molar refractivity (Wildman–Crippen MR) is 128 cm³/mol. The van der Waals surface area contributed by atoms with Gasteiger partial charge in [0, 0.05) is 30.6 Å². The first-order chi connectivity index (χ1) is 15.7. The Morgan fingerprint density at radius 3 is 2.81 bits per heavy atom. The average molecular weight is 437 g/mol. The van der Waals surface area contributed by atoms with Crippen molar-refractivity contribution in [1.29, 1.82) is 0 Å². The van der Waals surface area contributed by atoms with Crippen LogP contribution in [0.1, 0.15) is 74.3 Å². The predicted octanol–water partition coefficient (Wildman–Crippen LogP) is 6.48. The molecule has 4 rings (SSSR count). The Morgan fingerprint density at radius 2 is 2.00 bits per heavy atom. The fraction of sp³-hybridized carbons (Fsp3) is 0.519. The van der Waals surface area contributed by atoms with Gasteiger partial charge < -0.3 is 19.6 Å². The third kappa shape index (κ3) is 5.90. The summed E-state index contributed by atoms with van der Waals surface area (Å²) in [6.45, 7) is 4.04. The maximum atomic E-state index is 6.27. The van der Waals surface area contributed by atoms with E-state index in [9.17, 15) is 0 Å². The van der Waals surface area contributed by atoms with Gasteiger partial charge in [0.15, 0.2) is 0 Å². The van der Waals surface area contributed by atoms with E-state index in [4.69, 9.17) is 19.6 Å². The van der Waals surface area contributed by atoms with E-state index in [-0.39, 0.29) is 6.04 Å². The molecule has 5 nitrogen and oxygen atoms in total. The van der Waals surface area contributed by atoms with Crippen LogP contribution in [0.25, 0.3) is 11.0 Å². The highest BCUT2D eigenvalue weighted by Gasteiger charge is 2.16. The van der Waals surface area contributed by atoms with Crippen LogP contribution in [-0.2, 0) is 11.3 Å². The number of ether oxygens (including phenoxy) is 2. The molecule has 1 aliphatic carbocycles. The van der Waals surface area contributed by atoms with Crippen LogP contribution < -0.4 is 10.5 Å². The van der Waals surface area contributed by atoms with Crippen molar-refractivity contribution in [2.45, 2.75) is 70.9 Å². The molecule has 0 amide bonds. The summed E-state index contributed by atoms with van der Waals surface area (Å²) in [5.41, 5.74) is 9.31. The van der Waals surface area contributed by atoms with Gasteiger partial charge in [0.25, 0.3) is 0 Å². The Morgan fingerprint density at radius 1 is 1.12 bits per heavy atom. The molecular weight excluding hydrogens is 400 g/mol. The van der Waals surface area contributed by atoms with Crippen molar-refractivity contribution in [2.75, 3.05) is 13.2 Å². The lowest BCUT2D eigenvalue weighted by Gasteiger charge is -2.21. The molecule has 1 fully saturated rings. The molecule has 1 unspecified atom stereocenters. The Hall–Kier alpha value is -2.37. The molecule has 3 aromatic rings. The Balaban J connectivity index is 1.28. The highest BCUT2D eigenvalue weighted by atomic mass is 16.5. The zero-order valence-electron chi connectivity index (χ0n) is 19.2. The molecule has 1 aromatic carbocycles. The molecule has 0 radical (unpaired) electrons. The monoisotopic (exact) mass is 436 g/mol. The van der Waals surface area contributed by atoms with E-state index in [1.807, 2.05) is 36.5 Å². The van der Waals surface area contributed by atoms with E-state index in [0.29, 0.717) is 13.2 Å². The van der Waals surface area contributed by atoms with E-state index in [2.05, 4.69) is 11.9 Å². The molecule has 2 N–H and O–H groups in total. The summed E-state index contributed by atoms with van der Waals surface area (Å²) in [6.07, 6.45) is 13.4. The van der Waals surface area contributed by atoms with Crippen LogP contribution in [0, 0.1) is 12.8 Å². The number of aryl methyl sites for hydroxylation is 1. The lowest BCUT2D eigenvalue weighted by atomic mass is 9.87. The van der Waals surface area contributed by atoms with Gasteiger partial charge in [-0.25, -0.2) is 0 Å². The zero-order valence-corrected chi connectivity index (χ0v) is 19.2. The Bertz CT molecular complexity index is 964. The first kappa shape index (κ1) is 22.8. The van der Waals surface area contributed by atoms with Gasteiger partial charge in [0.05, 0.1) is 12.0 Å². The lowest BCUT2D eigenvalue weighted by Crippen LogP contribution is -2.12. The summed E-state index contributed by atoms with van der Waals surface area (Å²) >= 11 is 0. The number of furan rings is 1. The van der Waals surface area contributed by atoms with Gasteiger partial charge in [0.1, 0.15) is 23.7 Å². The van der Waals surface area contributed by atoms with Gasteiger partial charge in [-0.05, 0) is 55.9 Å². The van der Waals surface area contributed by atoms with Crippen LogP contribution >= 0.6 is 0 Å². The van der Waals surface area contributed by atoms with Crippen LogP contribution in [0.2, 0.25) is 0 Å².